The number of phosphoric acid groups is 1. The summed E-state index contributed by atoms with van der Waals surface area (Å²) in [6.45, 7) is 3.94. The molecule has 0 spiro atoms. The van der Waals surface area contributed by atoms with Crippen LogP contribution in [0, 0.1) is 5.41 Å². The van der Waals surface area contributed by atoms with Crippen LogP contribution in [0.15, 0.2) is 23.8 Å². The van der Waals surface area contributed by atoms with Crippen LogP contribution in [0.1, 0.15) is 46.1 Å². The average molecular weight is 760 g/mol. The molecule has 0 amide bonds. The molecule has 21 nitrogen and oxygen atoms in total. The highest BCUT2D eigenvalue weighted by Crippen LogP contribution is 2.51. The Labute approximate surface area is 288 Å². The number of carbonyl (C=O) groups is 1. The predicted octanol–water partition coefficient (Wildman–Crippen LogP) is 1.93. The summed E-state index contributed by atoms with van der Waals surface area (Å²) in [5, 5.41) is -0.0989. The zero-order valence-corrected chi connectivity index (χ0v) is 29.2. The molecule has 3 aliphatic heterocycles. The third-order valence-electron chi connectivity index (χ3n) is 8.15. The van der Waals surface area contributed by atoms with Gasteiger partial charge in [-0.2, -0.15) is 9.97 Å². The quantitative estimate of drug-likeness (QED) is 0.152. The van der Waals surface area contributed by atoms with E-state index in [1.165, 1.54) is 23.5 Å². The summed E-state index contributed by atoms with van der Waals surface area (Å²) >= 11 is 6.00. The first-order valence-electron chi connectivity index (χ1n) is 15.2. The number of esters is 1. The third kappa shape index (κ3) is 7.00. The number of halogens is 1. The van der Waals surface area contributed by atoms with Gasteiger partial charge in [0.2, 0.25) is 5.28 Å². The molecular weight excluding hydrogens is 728 g/mol. The first-order chi connectivity index (χ1) is 23.7. The molecule has 6 unspecified atom stereocenters. The summed E-state index contributed by atoms with van der Waals surface area (Å²) in [4.78, 5) is 67.5. The van der Waals surface area contributed by atoms with Crippen LogP contribution in [-0.4, -0.2) is 92.0 Å². The monoisotopic (exact) mass is 759 g/mol. The second kappa shape index (κ2) is 13.4. The van der Waals surface area contributed by atoms with Gasteiger partial charge < -0.3 is 38.8 Å². The van der Waals surface area contributed by atoms with Gasteiger partial charge in [0.25, 0.3) is 5.56 Å². The number of rotatable bonds is 4. The number of nitrogens with zero attached hydrogens (tertiary/aromatic N) is 8. The van der Waals surface area contributed by atoms with Gasteiger partial charge in [0, 0.05) is 12.8 Å². The molecule has 7 heterocycles. The van der Waals surface area contributed by atoms with Gasteiger partial charge in [0.05, 0.1) is 37.4 Å². The third-order valence-corrected chi connectivity index (χ3v) is 10.1. The summed E-state index contributed by atoms with van der Waals surface area (Å²) in [6, 6.07) is 0. The van der Waals surface area contributed by atoms with E-state index in [9.17, 15) is 23.9 Å². The highest BCUT2D eigenvalue weighted by molar-refractivity contribution is 7.47. The van der Waals surface area contributed by atoms with Gasteiger partial charge in [-0.3, -0.25) is 32.3 Å². The number of anilines is 1. The number of ether oxygens (including phenoxy) is 3. The molecule has 0 aliphatic carbocycles. The van der Waals surface area contributed by atoms with Crippen molar-refractivity contribution in [2.75, 3.05) is 18.9 Å². The second-order valence-electron chi connectivity index (χ2n) is 12.7. The van der Waals surface area contributed by atoms with E-state index in [2.05, 4.69) is 24.9 Å². The van der Waals surface area contributed by atoms with E-state index in [1.807, 2.05) is 0 Å². The number of hydrogen-bond donors (Lipinski definition) is 3. The minimum atomic E-state index is -4.74. The molecule has 4 N–H and O–H groups in total. The number of hydrogen-bond acceptors (Lipinski definition) is 17. The van der Waals surface area contributed by atoms with Gasteiger partial charge in [-0.05, 0) is 32.4 Å². The van der Waals surface area contributed by atoms with Crippen LogP contribution < -0.4 is 11.3 Å². The number of fused-ring (bicyclic) bond motifs is 4. The number of aromatic nitrogens is 8. The SMILES string of the molecule is CC(C)(C)C(=O)OCn1cnc2c(ncn2C2C[C@@H]3OP(=O)(O)OCC4OC(n5cnc6c(N)nc(Cl)nc65)C[C@@H]4OP(O)OCC3O2)c1=O. The first kappa shape index (κ1) is 35.2. The van der Waals surface area contributed by atoms with Gasteiger partial charge in [0.15, 0.2) is 29.4 Å². The second-order valence-corrected chi connectivity index (χ2v) is 15.4. The van der Waals surface area contributed by atoms with E-state index in [0.717, 1.165) is 4.57 Å². The molecule has 24 heteroatoms. The highest BCUT2D eigenvalue weighted by atomic mass is 35.5. The Kier molecular flexibility index (Phi) is 9.44. The maximum absolute atomic E-state index is 13.2. The predicted molar refractivity (Wildman–Crippen MR) is 170 cm³/mol. The minimum Gasteiger partial charge on any atom is -0.443 e. The number of imidazole rings is 2. The molecule has 0 aromatic carbocycles. The largest absolute Gasteiger partial charge is 0.472 e. The minimum absolute atomic E-state index is 0.0164. The van der Waals surface area contributed by atoms with Crippen molar-refractivity contribution < 1.29 is 51.5 Å². The molecule has 4 aromatic rings. The van der Waals surface area contributed by atoms with Gasteiger partial charge in [0.1, 0.15) is 42.6 Å². The van der Waals surface area contributed by atoms with Crippen molar-refractivity contribution in [1.29, 1.82) is 0 Å². The van der Waals surface area contributed by atoms with Crippen LogP contribution in [0.5, 0.6) is 0 Å². The Morgan fingerprint density at radius 1 is 1.02 bits per heavy atom. The van der Waals surface area contributed by atoms with Crippen LogP contribution in [0.25, 0.3) is 22.3 Å². The molecule has 3 saturated heterocycles. The Hall–Kier alpha value is -3.20. The van der Waals surface area contributed by atoms with Crippen LogP contribution in [0.2, 0.25) is 5.28 Å². The molecule has 4 aromatic heterocycles. The fourth-order valence-electron chi connectivity index (χ4n) is 5.63. The van der Waals surface area contributed by atoms with Crippen molar-refractivity contribution in [2.45, 2.75) is 77.2 Å². The lowest BCUT2D eigenvalue weighted by Crippen LogP contribution is -2.32. The molecular formula is C26H32ClN9O12P2. The lowest BCUT2D eigenvalue weighted by molar-refractivity contribution is -0.157. The van der Waals surface area contributed by atoms with Crippen molar-refractivity contribution in [3.05, 3.63) is 34.6 Å². The van der Waals surface area contributed by atoms with Crippen LogP contribution >= 0.6 is 28.0 Å². The average Bonchev–Trinajstić information content (AvgIpc) is 3.82. The molecule has 3 aliphatic rings. The molecule has 0 bridgehead atoms. The maximum atomic E-state index is 13.2. The summed E-state index contributed by atoms with van der Waals surface area (Å²) in [6.07, 6.45) is -1.44. The van der Waals surface area contributed by atoms with E-state index in [-0.39, 0.29) is 54.1 Å². The van der Waals surface area contributed by atoms with E-state index in [4.69, 9.17) is 49.6 Å². The smallest absolute Gasteiger partial charge is 0.443 e. The van der Waals surface area contributed by atoms with E-state index < -0.39 is 76.8 Å². The number of carbonyl (C=O) groups excluding carboxylic acids is 1. The van der Waals surface area contributed by atoms with E-state index in [0.29, 0.717) is 5.52 Å². The van der Waals surface area contributed by atoms with Crippen molar-refractivity contribution in [3.8, 4) is 0 Å². The Morgan fingerprint density at radius 3 is 2.40 bits per heavy atom. The standard InChI is InChI=1S/C26H32ClN9O12P2/c1-26(2,3)24(38)42-11-34-8-31-21-19(23(34)37)30-10-35(21)17-5-13-14(45-17)6-43-49(39)47-12-4-16(46-15(12)7-44-50(40,41)48-13)36-9-29-18-20(28)32-25(27)33-22(18)36/h8-10,12-17,39H,4-7,11H2,1-3H3,(H,40,41)(H2,28,32,33)/t12-,13-,14?,15?,16?,17?,49?/m0/s1. The number of nitrogens with two attached hydrogens (primary N) is 1. The molecule has 270 valence electrons. The lowest BCUT2D eigenvalue weighted by atomic mass is 9.98. The van der Waals surface area contributed by atoms with Crippen LogP contribution in [-0.2, 0) is 48.4 Å². The lowest BCUT2D eigenvalue weighted by Gasteiger charge is -2.26. The van der Waals surface area contributed by atoms with E-state index in [1.54, 1.807) is 25.3 Å². The van der Waals surface area contributed by atoms with Gasteiger partial charge in [-0.1, -0.05) is 0 Å². The summed E-state index contributed by atoms with van der Waals surface area (Å²) < 4.78 is 57.0. The van der Waals surface area contributed by atoms with Crippen molar-refractivity contribution in [1.82, 2.24) is 38.6 Å². The topological polar surface area (TPSA) is 262 Å². The van der Waals surface area contributed by atoms with Crippen molar-refractivity contribution in [2.24, 2.45) is 5.41 Å². The fourth-order valence-corrected chi connectivity index (χ4v) is 7.55. The summed E-state index contributed by atoms with van der Waals surface area (Å²) in [7, 11) is -7.24. The molecule has 0 radical (unpaired) electrons. The molecule has 50 heavy (non-hydrogen) atoms. The molecule has 7 rings (SSSR count). The van der Waals surface area contributed by atoms with Crippen molar-refractivity contribution in [3.63, 3.8) is 0 Å². The zero-order chi connectivity index (χ0) is 35.5. The Bertz CT molecular complexity index is 2040. The molecule has 8 atom stereocenters. The zero-order valence-electron chi connectivity index (χ0n) is 26.6. The summed E-state index contributed by atoms with van der Waals surface area (Å²) in [5.74, 6) is -0.429. The van der Waals surface area contributed by atoms with Gasteiger partial charge in [-0.15, -0.1) is 0 Å². The Morgan fingerprint density at radius 2 is 1.68 bits per heavy atom. The fraction of sp³-hybridized carbons (Fsp3) is 0.577. The number of nitrogen functional groups attached to an aromatic ring is 1. The first-order valence-corrected chi connectivity index (χ1v) is 18.2. The van der Waals surface area contributed by atoms with Gasteiger partial charge in [-0.25, -0.2) is 19.5 Å². The van der Waals surface area contributed by atoms with Gasteiger partial charge >= 0.3 is 22.4 Å². The van der Waals surface area contributed by atoms with Crippen LogP contribution in [0.4, 0.5) is 5.82 Å². The highest BCUT2D eigenvalue weighted by Gasteiger charge is 2.46. The van der Waals surface area contributed by atoms with Crippen molar-refractivity contribution >= 4 is 62.1 Å². The number of phosphoric ester groups is 1. The maximum Gasteiger partial charge on any atom is 0.472 e. The Balaban J connectivity index is 1.06. The normalized spacial score (nSPS) is 30.9. The summed E-state index contributed by atoms with van der Waals surface area (Å²) in [5.41, 5.74) is 5.30. The van der Waals surface area contributed by atoms with Crippen LogP contribution in [0.3, 0.4) is 0 Å². The molecule has 0 saturated carbocycles. The van der Waals surface area contributed by atoms with E-state index >= 15 is 0 Å². The molecule has 3 fully saturated rings.